The molecule has 0 aliphatic rings. The van der Waals surface area contributed by atoms with Crippen molar-refractivity contribution in [2.45, 2.75) is 0 Å². The van der Waals surface area contributed by atoms with Crippen LogP contribution < -0.4 is 37.7 Å². The zero-order valence-corrected chi connectivity index (χ0v) is 8.62. The Balaban J connectivity index is -0.0000000315. The van der Waals surface area contributed by atoms with Crippen molar-refractivity contribution in [3.05, 3.63) is 0 Å². The predicted molar refractivity (Wildman–Crippen MR) is 35.1 cm³/mol. The van der Waals surface area contributed by atoms with Crippen molar-refractivity contribution in [1.29, 1.82) is 0 Å². The molecule has 0 fully saturated rings. The van der Waals surface area contributed by atoms with Gasteiger partial charge in [0.25, 0.3) is 0 Å². The van der Waals surface area contributed by atoms with Crippen LogP contribution in [-0.2, 0) is 10.4 Å². The van der Waals surface area contributed by atoms with Crippen LogP contribution >= 0.6 is 0 Å². The molecule has 2 N–H and O–H groups in total. The standard InChI is InChI=1S/2BF3H.2Li.H2O4S/c2*2-1(3)4;;;1-5(2,3)4/h2*1H;;;(H2,1,2,3,4)/q2*-1;2*+1;. The van der Waals surface area contributed by atoms with Crippen LogP contribution in [0.4, 0.5) is 25.9 Å². The first kappa shape index (κ1) is 29.7. The molecule has 0 spiro atoms. The fraction of sp³-hybridized carbons (Fsp3) is 0. The van der Waals surface area contributed by atoms with Gasteiger partial charge in [0.1, 0.15) is 0 Å². The van der Waals surface area contributed by atoms with Gasteiger partial charge in [-0.25, -0.2) is 0 Å². The Labute approximate surface area is 107 Å². The summed E-state index contributed by atoms with van der Waals surface area (Å²) in [6.07, 6.45) is 0. The average Bonchev–Trinajstić information content (AvgIpc) is 1.50. The van der Waals surface area contributed by atoms with Gasteiger partial charge in [-0.05, 0) is 0 Å². The number of hydrogen-bond acceptors (Lipinski definition) is 2. The Morgan fingerprint density at radius 1 is 0.733 bits per heavy atom. The van der Waals surface area contributed by atoms with E-state index in [9.17, 15) is 25.9 Å². The summed E-state index contributed by atoms with van der Waals surface area (Å²) in [5.74, 6) is 0. The van der Waals surface area contributed by atoms with E-state index in [4.69, 9.17) is 17.5 Å². The van der Waals surface area contributed by atoms with E-state index in [2.05, 4.69) is 0 Å². The van der Waals surface area contributed by atoms with Crippen molar-refractivity contribution in [2.24, 2.45) is 0 Å². The molecule has 0 aromatic rings. The fourth-order valence-electron chi connectivity index (χ4n) is 0. The minimum absolute atomic E-state index is 0. The predicted octanol–water partition coefficient (Wildman–Crippen LogP) is -5.42. The number of hydrogen-bond donors (Lipinski definition) is 2. The second-order valence-electron chi connectivity index (χ2n) is 1.05. The van der Waals surface area contributed by atoms with E-state index in [0.717, 1.165) is 0 Å². The van der Waals surface area contributed by atoms with Gasteiger partial charge in [-0.1, -0.05) is 0 Å². The van der Waals surface area contributed by atoms with E-state index in [1.165, 1.54) is 0 Å². The van der Waals surface area contributed by atoms with Crippen LogP contribution in [-0.4, -0.2) is 32.6 Å². The van der Waals surface area contributed by atoms with Crippen molar-refractivity contribution in [2.75, 3.05) is 0 Å². The van der Waals surface area contributed by atoms with E-state index in [1.54, 1.807) is 0 Å². The van der Waals surface area contributed by atoms with Gasteiger partial charge in [0, 0.05) is 0 Å². The molecule has 84 valence electrons. The van der Waals surface area contributed by atoms with Gasteiger partial charge in [-0.2, -0.15) is 8.42 Å². The van der Waals surface area contributed by atoms with Crippen LogP contribution in [0.2, 0.25) is 0 Å². The van der Waals surface area contributed by atoms with Gasteiger partial charge in [0.15, 0.2) is 0 Å². The van der Waals surface area contributed by atoms with Crippen LogP contribution in [0.3, 0.4) is 0 Å². The summed E-state index contributed by atoms with van der Waals surface area (Å²) in [5.41, 5.74) is 0. The Kier molecular flexibility index (Phi) is 34.0. The summed E-state index contributed by atoms with van der Waals surface area (Å²) < 4.78 is 90.1. The van der Waals surface area contributed by atoms with Crippen molar-refractivity contribution in [3.63, 3.8) is 0 Å². The van der Waals surface area contributed by atoms with Gasteiger partial charge in [0.2, 0.25) is 0 Å². The van der Waals surface area contributed by atoms with E-state index in [1.807, 2.05) is 0 Å². The Morgan fingerprint density at radius 3 is 0.733 bits per heavy atom. The summed E-state index contributed by atoms with van der Waals surface area (Å²) in [6.45, 7) is 0. The largest absolute Gasteiger partial charge is 1.00 e. The molecular formula is H4B2F6Li2O4S. The van der Waals surface area contributed by atoms with Crippen LogP contribution in [0.25, 0.3) is 0 Å². The molecule has 0 aromatic heterocycles. The second-order valence-corrected chi connectivity index (χ2v) is 1.95. The van der Waals surface area contributed by atoms with E-state index >= 15 is 0 Å². The van der Waals surface area contributed by atoms with Crippen molar-refractivity contribution >= 4 is 25.5 Å². The maximum absolute atomic E-state index is 9.75. The quantitative estimate of drug-likeness (QED) is 0.255. The summed E-state index contributed by atoms with van der Waals surface area (Å²) in [4.78, 5) is 0. The van der Waals surface area contributed by atoms with Gasteiger partial charge < -0.3 is 25.9 Å². The SMILES string of the molecule is F[BH-](F)F.F[BH-](F)F.O=S(=O)(O)O.[Li+].[Li+]. The van der Waals surface area contributed by atoms with Gasteiger partial charge in [0.05, 0.1) is 0 Å². The third-order valence-electron chi connectivity index (χ3n) is 0. The molecule has 0 unspecified atom stereocenters. The van der Waals surface area contributed by atoms with E-state index in [-0.39, 0.29) is 37.7 Å². The average molecular weight is 250 g/mol. The van der Waals surface area contributed by atoms with Crippen LogP contribution in [0, 0.1) is 0 Å². The molecule has 0 heterocycles. The molecule has 0 saturated carbocycles. The van der Waals surface area contributed by atoms with Gasteiger partial charge in [-0.15, -0.1) is 0 Å². The molecule has 0 atom stereocenters. The van der Waals surface area contributed by atoms with Crippen molar-refractivity contribution < 1.29 is 81.1 Å². The Morgan fingerprint density at radius 2 is 0.733 bits per heavy atom. The topological polar surface area (TPSA) is 74.6 Å². The summed E-state index contributed by atoms with van der Waals surface area (Å²) in [5, 5.41) is 0. The Hall–Kier alpha value is 0.775. The molecule has 15 heavy (non-hydrogen) atoms. The molecule has 4 nitrogen and oxygen atoms in total. The molecule has 0 rings (SSSR count). The zero-order valence-electron chi connectivity index (χ0n) is 7.80. The zero-order chi connectivity index (χ0) is 11.7. The third kappa shape index (κ3) is 4020. The van der Waals surface area contributed by atoms with Crippen LogP contribution in [0.5, 0.6) is 0 Å². The van der Waals surface area contributed by atoms with Crippen molar-refractivity contribution in [1.82, 2.24) is 0 Å². The van der Waals surface area contributed by atoms with Crippen LogP contribution in [0.15, 0.2) is 0 Å². The first-order valence-corrected chi connectivity index (χ1v) is 3.70. The normalized spacial score (nSPS) is 8.67. The van der Waals surface area contributed by atoms with Crippen molar-refractivity contribution in [3.8, 4) is 0 Å². The van der Waals surface area contributed by atoms with E-state index < -0.39 is 25.5 Å². The molecule has 0 aliphatic carbocycles. The van der Waals surface area contributed by atoms with Gasteiger partial charge in [-0.3, -0.25) is 9.11 Å². The molecule has 0 radical (unpaired) electrons. The molecule has 0 aliphatic heterocycles. The smallest absolute Gasteiger partial charge is 0.452 e. The second kappa shape index (κ2) is 17.2. The van der Waals surface area contributed by atoms with E-state index in [0.29, 0.717) is 0 Å². The first-order chi connectivity index (χ1) is 5.46. The number of rotatable bonds is 0. The monoisotopic (exact) mass is 250 g/mol. The molecule has 0 amide bonds. The molecular weight excluding hydrogens is 246 g/mol. The molecule has 0 bridgehead atoms. The number of halogens is 6. The minimum atomic E-state index is -4.67. The maximum atomic E-state index is 9.75. The first-order valence-electron chi connectivity index (χ1n) is 2.30. The summed E-state index contributed by atoms with van der Waals surface area (Å²) in [6, 6.07) is 0. The van der Waals surface area contributed by atoms with Gasteiger partial charge >= 0.3 is 63.2 Å². The molecule has 0 aromatic carbocycles. The summed E-state index contributed by atoms with van der Waals surface area (Å²) >= 11 is 0. The molecule has 15 heteroatoms. The van der Waals surface area contributed by atoms with Crippen LogP contribution in [0.1, 0.15) is 0 Å². The summed E-state index contributed by atoms with van der Waals surface area (Å²) in [7, 11) is -13.2. The maximum Gasteiger partial charge on any atom is 1.00 e. The fourth-order valence-corrected chi connectivity index (χ4v) is 0. The third-order valence-corrected chi connectivity index (χ3v) is 0. The Bertz CT molecular complexity index is 166. The molecule has 0 saturated heterocycles. The minimum Gasteiger partial charge on any atom is -0.452 e.